The van der Waals surface area contributed by atoms with Crippen LogP contribution in [0.15, 0.2) is 76.3 Å². The van der Waals surface area contributed by atoms with E-state index in [1.807, 2.05) is 60.7 Å². The van der Waals surface area contributed by atoms with Crippen molar-refractivity contribution in [2.75, 3.05) is 7.11 Å². The largest absolute Gasteiger partial charge is 0.496 e. The number of carbonyl (C=O) groups is 1. The number of aromatic nitrogens is 2. The summed E-state index contributed by atoms with van der Waals surface area (Å²) in [5.74, 6) is 0.306. The Hall–Kier alpha value is -3.45. The Morgan fingerprint density at radius 1 is 1.14 bits per heavy atom. The van der Waals surface area contributed by atoms with E-state index >= 15 is 0 Å². The van der Waals surface area contributed by atoms with E-state index in [-0.39, 0.29) is 5.91 Å². The number of rotatable bonds is 5. The van der Waals surface area contributed by atoms with Gasteiger partial charge in [-0.2, -0.15) is 10.2 Å². The quantitative estimate of drug-likeness (QED) is 0.341. The van der Waals surface area contributed by atoms with Crippen LogP contribution in [0, 0.1) is 0 Å². The van der Waals surface area contributed by atoms with Crippen LogP contribution in [-0.4, -0.2) is 29.4 Å². The highest BCUT2D eigenvalue weighted by Crippen LogP contribution is 2.36. The molecule has 0 fully saturated rings. The molecule has 0 aliphatic carbocycles. The van der Waals surface area contributed by atoms with Gasteiger partial charge in [-0.3, -0.25) is 9.89 Å². The van der Waals surface area contributed by atoms with Crippen LogP contribution in [0.2, 0.25) is 0 Å². The fourth-order valence-electron chi connectivity index (χ4n) is 3.05. The van der Waals surface area contributed by atoms with Crippen molar-refractivity contribution in [1.82, 2.24) is 15.6 Å². The number of hydrazone groups is 1. The van der Waals surface area contributed by atoms with Crippen LogP contribution in [0.25, 0.3) is 22.0 Å². The maximum atomic E-state index is 12.4. The maximum Gasteiger partial charge on any atom is 0.289 e. The summed E-state index contributed by atoms with van der Waals surface area (Å²) < 4.78 is 6.41. The molecule has 0 bridgehead atoms. The van der Waals surface area contributed by atoms with Crippen LogP contribution in [0.1, 0.15) is 16.1 Å². The number of halogens is 1. The Bertz CT molecular complexity index is 1220. The van der Waals surface area contributed by atoms with E-state index in [0.29, 0.717) is 17.1 Å². The summed E-state index contributed by atoms with van der Waals surface area (Å²) >= 11 is 3.44. The Morgan fingerprint density at radius 2 is 1.93 bits per heavy atom. The molecule has 144 valence electrons. The number of fused-ring (bicyclic) bond motifs is 1. The van der Waals surface area contributed by atoms with Crippen LogP contribution in [0.5, 0.6) is 5.75 Å². The molecule has 0 saturated heterocycles. The van der Waals surface area contributed by atoms with Gasteiger partial charge >= 0.3 is 0 Å². The molecule has 1 heterocycles. The van der Waals surface area contributed by atoms with Crippen molar-refractivity contribution in [3.63, 3.8) is 0 Å². The maximum absolute atomic E-state index is 12.4. The molecule has 0 aliphatic heterocycles. The number of methoxy groups -OCH3 is 1. The van der Waals surface area contributed by atoms with E-state index < -0.39 is 0 Å². The Morgan fingerprint density at radius 3 is 2.76 bits per heavy atom. The van der Waals surface area contributed by atoms with Gasteiger partial charge in [0.05, 0.1) is 24.6 Å². The first kappa shape index (κ1) is 18.9. The number of nitrogens with zero attached hydrogens (tertiary/aromatic N) is 2. The summed E-state index contributed by atoms with van der Waals surface area (Å²) in [5.41, 5.74) is 5.13. The van der Waals surface area contributed by atoms with Gasteiger partial charge in [0.2, 0.25) is 0 Å². The average molecular weight is 449 g/mol. The lowest BCUT2D eigenvalue weighted by Gasteiger charge is -2.09. The molecule has 0 spiro atoms. The van der Waals surface area contributed by atoms with E-state index in [0.717, 1.165) is 26.4 Å². The van der Waals surface area contributed by atoms with Gasteiger partial charge in [-0.15, -0.1) is 0 Å². The zero-order chi connectivity index (χ0) is 20.2. The van der Waals surface area contributed by atoms with Gasteiger partial charge in [-0.1, -0.05) is 64.5 Å². The summed E-state index contributed by atoms with van der Waals surface area (Å²) in [4.78, 5) is 12.4. The fraction of sp³-hybridized carbons (Fsp3) is 0.0455. The number of H-pyrrole nitrogens is 1. The monoisotopic (exact) mass is 448 g/mol. The number of amides is 1. The summed E-state index contributed by atoms with van der Waals surface area (Å²) in [7, 11) is 1.62. The smallest absolute Gasteiger partial charge is 0.289 e. The molecule has 4 rings (SSSR count). The average Bonchev–Trinajstić information content (AvgIpc) is 3.24. The Kier molecular flexibility index (Phi) is 5.39. The third-order valence-electron chi connectivity index (χ3n) is 4.46. The first-order chi connectivity index (χ1) is 14.2. The lowest BCUT2D eigenvalue weighted by molar-refractivity contribution is 0.0950. The molecule has 2 N–H and O–H groups in total. The minimum atomic E-state index is -0.383. The highest BCUT2D eigenvalue weighted by molar-refractivity contribution is 9.10. The van der Waals surface area contributed by atoms with Crippen molar-refractivity contribution in [2.45, 2.75) is 0 Å². The van der Waals surface area contributed by atoms with Gasteiger partial charge < -0.3 is 4.74 Å². The normalized spacial score (nSPS) is 11.1. The standard InChI is InChI=1S/C22H17BrN4O2/c1-29-20-11-10-14-6-2-4-8-16(14)21(20)18-12-19(26-25-18)22(28)27-24-13-15-7-3-5-9-17(15)23/h2-13H,1H3,(H,25,26)(H,27,28)/b24-13-. The summed E-state index contributed by atoms with van der Waals surface area (Å²) in [6, 6.07) is 21.1. The van der Waals surface area contributed by atoms with Crippen LogP contribution in [0.3, 0.4) is 0 Å². The van der Waals surface area contributed by atoms with Gasteiger partial charge in [0.25, 0.3) is 5.91 Å². The lowest BCUT2D eigenvalue weighted by atomic mass is 10.0. The molecule has 6 nitrogen and oxygen atoms in total. The van der Waals surface area contributed by atoms with Crippen molar-refractivity contribution in [2.24, 2.45) is 5.10 Å². The topological polar surface area (TPSA) is 79.4 Å². The third-order valence-corrected chi connectivity index (χ3v) is 5.19. The molecule has 4 aromatic rings. The number of benzene rings is 3. The van der Waals surface area contributed by atoms with Crippen molar-refractivity contribution < 1.29 is 9.53 Å². The van der Waals surface area contributed by atoms with Gasteiger partial charge in [-0.25, -0.2) is 5.43 Å². The van der Waals surface area contributed by atoms with Gasteiger partial charge in [0.1, 0.15) is 11.4 Å². The number of nitrogens with one attached hydrogen (secondary N) is 2. The first-order valence-corrected chi connectivity index (χ1v) is 9.66. The molecule has 0 unspecified atom stereocenters. The Labute approximate surface area is 175 Å². The zero-order valence-corrected chi connectivity index (χ0v) is 17.1. The third kappa shape index (κ3) is 3.90. The Balaban J connectivity index is 1.60. The number of carbonyl (C=O) groups excluding carboxylic acids is 1. The summed E-state index contributed by atoms with van der Waals surface area (Å²) in [6.07, 6.45) is 1.58. The molecule has 1 amide bonds. The van der Waals surface area contributed by atoms with Crippen molar-refractivity contribution >= 4 is 38.8 Å². The first-order valence-electron chi connectivity index (χ1n) is 8.87. The van der Waals surface area contributed by atoms with Crippen LogP contribution in [0.4, 0.5) is 0 Å². The molecule has 3 aromatic carbocycles. The number of aromatic amines is 1. The summed E-state index contributed by atoms with van der Waals surface area (Å²) in [6.45, 7) is 0. The van der Waals surface area contributed by atoms with E-state index in [1.165, 1.54) is 0 Å². The predicted molar refractivity (Wildman–Crippen MR) is 117 cm³/mol. The molecule has 0 atom stereocenters. The van der Waals surface area contributed by atoms with E-state index in [4.69, 9.17) is 4.74 Å². The van der Waals surface area contributed by atoms with Gasteiger partial charge in [-0.05, 0) is 29.0 Å². The second kappa shape index (κ2) is 8.28. The molecule has 0 radical (unpaired) electrons. The van der Waals surface area contributed by atoms with Crippen LogP contribution >= 0.6 is 15.9 Å². The molecule has 1 aromatic heterocycles. The van der Waals surface area contributed by atoms with E-state index in [9.17, 15) is 4.79 Å². The molecule has 29 heavy (non-hydrogen) atoms. The molecule has 0 aliphatic rings. The molecular weight excluding hydrogens is 432 g/mol. The minimum Gasteiger partial charge on any atom is -0.496 e. The molecule has 7 heteroatoms. The van der Waals surface area contributed by atoms with Crippen LogP contribution < -0.4 is 10.2 Å². The van der Waals surface area contributed by atoms with E-state index in [1.54, 1.807) is 19.4 Å². The zero-order valence-electron chi connectivity index (χ0n) is 15.5. The SMILES string of the molecule is COc1ccc2ccccc2c1-c1cc(C(=O)N/N=C\c2ccccc2Br)[nH]n1. The predicted octanol–water partition coefficient (Wildman–Crippen LogP) is 4.76. The summed E-state index contributed by atoms with van der Waals surface area (Å²) in [5, 5.41) is 13.2. The lowest BCUT2D eigenvalue weighted by Crippen LogP contribution is -2.18. The minimum absolute atomic E-state index is 0.305. The van der Waals surface area contributed by atoms with Crippen molar-refractivity contribution in [1.29, 1.82) is 0 Å². The molecule has 0 saturated carbocycles. The van der Waals surface area contributed by atoms with Crippen LogP contribution in [-0.2, 0) is 0 Å². The van der Waals surface area contributed by atoms with Gasteiger partial charge in [0, 0.05) is 10.0 Å². The number of hydrogen-bond acceptors (Lipinski definition) is 4. The van der Waals surface area contributed by atoms with Crippen molar-refractivity contribution in [3.8, 4) is 17.0 Å². The number of ether oxygens (including phenoxy) is 1. The fourth-order valence-corrected chi connectivity index (χ4v) is 3.44. The highest BCUT2D eigenvalue weighted by Gasteiger charge is 2.16. The second-order valence-corrected chi connectivity index (χ2v) is 7.11. The second-order valence-electron chi connectivity index (χ2n) is 6.25. The number of hydrogen-bond donors (Lipinski definition) is 2. The molecular formula is C22H17BrN4O2. The van der Waals surface area contributed by atoms with Gasteiger partial charge in [0.15, 0.2) is 0 Å². The highest BCUT2D eigenvalue weighted by atomic mass is 79.9. The van der Waals surface area contributed by atoms with E-state index in [2.05, 4.69) is 36.7 Å². The van der Waals surface area contributed by atoms with Crippen molar-refractivity contribution in [3.05, 3.63) is 82.5 Å².